The lowest BCUT2D eigenvalue weighted by Gasteiger charge is -2.47. The summed E-state index contributed by atoms with van der Waals surface area (Å²) < 4.78 is 51.2. The molecule has 0 spiro atoms. The van der Waals surface area contributed by atoms with Crippen LogP contribution >= 0.6 is 0 Å². The van der Waals surface area contributed by atoms with Gasteiger partial charge in [-0.25, -0.2) is 9.18 Å². The minimum Gasteiger partial charge on any atom is -0.406 e. The highest BCUT2D eigenvalue weighted by molar-refractivity contribution is 6.74. The monoisotopic (exact) mass is 650 g/mol. The minimum atomic E-state index is -2.73. The van der Waals surface area contributed by atoms with Gasteiger partial charge in [0.15, 0.2) is 20.7 Å². The molecule has 0 radical (unpaired) electrons. The molecule has 0 amide bonds. The maximum Gasteiger partial charge on any atom is 0.330 e. The fourth-order valence-electron chi connectivity index (χ4n) is 5.52. The predicted octanol–water partition coefficient (Wildman–Crippen LogP) is 5.67. The summed E-state index contributed by atoms with van der Waals surface area (Å²) in [6, 6.07) is 28.5. The number of aromatic nitrogens is 2. The number of halogens is 2. The number of nitrogens with zero attached hydrogens (tertiary/aromatic N) is 1. The van der Waals surface area contributed by atoms with Gasteiger partial charge in [0.05, 0.1) is 12.8 Å². The average molecular weight is 651 g/mol. The molecule has 3 aromatic carbocycles. The highest BCUT2D eigenvalue weighted by Crippen LogP contribution is 2.44. The lowest BCUT2D eigenvalue weighted by atomic mass is 9.80. The van der Waals surface area contributed by atoms with E-state index in [9.17, 15) is 19.1 Å². The number of alkyl halides is 1. The number of H-pyrrole nitrogens is 1. The van der Waals surface area contributed by atoms with Gasteiger partial charge in [0.25, 0.3) is 5.56 Å². The highest BCUT2D eigenvalue weighted by atomic mass is 28.4. The molecule has 46 heavy (non-hydrogen) atoms. The van der Waals surface area contributed by atoms with Gasteiger partial charge in [-0.1, -0.05) is 112 Å². The molecule has 244 valence electrons. The molecule has 5 atom stereocenters. The normalized spacial score (nSPS) is 22.5. The zero-order valence-corrected chi connectivity index (χ0v) is 27.5. The number of benzene rings is 3. The number of aromatic amines is 1. The molecule has 0 unspecified atom stereocenters. The zero-order valence-electron chi connectivity index (χ0n) is 26.5. The molecule has 1 saturated heterocycles. The van der Waals surface area contributed by atoms with E-state index in [1.807, 2.05) is 130 Å². The van der Waals surface area contributed by atoms with Crippen molar-refractivity contribution in [1.82, 2.24) is 9.55 Å². The molecule has 2 N–H and O–H groups in total. The molecule has 1 aliphatic heterocycles. The summed E-state index contributed by atoms with van der Waals surface area (Å²) in [6.07, 6.45) is -7.44. The van der Waals surface area contributed by atoms with Gasteiger partial charge in [-0.3, -0.25) is 14.3 Å². The SMILES string of the molecule is CC(C)(C)[Si](C)(C)O[C@@H]1[C@@H](F)[C@H](O)[C@@H](COC(c2ccccc2)(c2ccccc2)c2ccccc2)O[C@H]1n1cc(F)c(=O)[nH]c1=O. The largest absolute Gasteiger partial charge is 0.406 e. The van der Waals surface area contributed by atoms with E-state index >= 15 is 4.39 Å². The Morgan fingerprint density at radius 2 is 1.37 bits per heavy atom. The van der Waals surface area contributed by atoms with Crippen LogP contribution in [0.15, 0.2) is 107 Å². The van der Waals surface area contributed by atoms with Gasteiger partial charge < -0.3 is 19.0 Å². The maximum absolute atomic E-state index is 16.5. The third-order valence-electron chi connectivity index (χ3n) is 9.06. The first kappa shape index (κ1) is 33.6. The number of aliphatic hydroxyl groups is 1. The number of hydrogen-bond donors (Lipinski definition) is 2. The molecule has 1 aromatic heterocycles. The molecule has 1 fully saturated rings. The summed E-state index contributed by atoms with van der Waals surface area (Å²) in [7, 11) is -2.73. The molecule has 0 aliphatic carbocycles. The number of nitrogens with one attached hydrogen (secondary N) is 1. The van der Waals surface area contributed by atoms with E-state index in [1.165, 1.54) is 0 Å². The first-order valence-electron chi connectivity index (χ1n) is 15.2. The van der Waals surface area contributed by atoms with Crippen molar-refractivity contribution in [2.45, 2.75) is 75.2 Å². The van der Waals surface area contributed by atoms with E-state index in [1.54, 1.807) is 0 Å². The van der Waals surface area contributed by atoms with Gasteiger partial charge in [-0.15, -0.1) is 0 Å². The van der Waals surface area contributed by atoms with Crippen molar-refractivity contribution < 1.29 is 27.8 Å². The first-order valence-corrected chi connectivity index (χ1v) is 18.1. The van der Waals surface area contributed by atoms with Crippen molar-refractivity contribution >= 4 is 8.32 Å². The predicted molar refractivity (Wildman–Crippen MR) is 173 cm³/mol. The standard InChI is InChI=1S/C35H40F2N2O6Si/c1-34(2,3)46(4,5)45-30-28(37)29(40)27(44-32(30)39-21-26(36)31(41)38-33(39)42)22-43-35(23-15-9-6-10-16-23,24-17-11-7-12-18-24)25-19-13-8-14-20-25/h6-21,27-30,32,40H,22H2,1-5H3,(H,38,41,42)/t27-,28+,29-,30-,32-/m1/s1. The van der Waals surface area contributed by atoms with Gasteiger partial charge in [-0.2, -0.15) is 4.39 Å². The summed E-state index contributed by atoms with van der Waals surface area (Å²) in [5.41, 5.74) is -1.08. The van der Waals surface area contributed by atoms with Crippen LogP contribution in [-0.4, -0.2) is 54.1 Å². The van der Waals surface area contributed by atoms with Crippen LogP contribution in [0.4, 0.5) is 8.78 Å². The van der Waals surface area contributed by atoms with Crippen molar-refractivity contribution in [3.8, 4) is 0 Å². The average Bonchev–Trinajstić information content (AvgIpc) is 3.03. The number of hydrogen-bond acceptors (Lipinski definition) is 6. The quantitative estimate of drug-likeness (QED) is 0.179. The summed E-state index contributed by atoms with van der Waals surface area (Å²) in [5, 5.41) is 11.0. The Hall–Kier alpha value is -3.74. The Bertz CT molecular complexity index is 1630. The first-order chi connectivity index (χ1) is 21.8. The third-order valence-corrected chi connectivity index (χ3v) is 13.5. The lowest BCUT2D eigenvalue weighted by Crippen LogP contribution is -2.60. The van der Waals surface area contributed by atoms with Gasteiger partial charge in [0.2, 0.25) is 5.82 Å². The van der Waals surface area contributed by atoms with Crippen LogP contribution < -0.4 is 11.2 Å². The molecule has 8 nitrogen and oxygen atoms in total. The van der Waals surface area contributed by atoms with Crippen LogP contribution in [0.1, 0.15) is 43.7 Å². The fourth-order valence-corrected chi connectivity index (χ4v) is 6.80. The Labute approximate surface area is 267 Å². The molecule has 2 heterocycles. The summed E-state index contributed by atoms with van der Waals surface area (Å²) in [6.45, 7) is 9.33. The van der Waals surface area contributed by atoms with Crippen LogP contribution in [0.2, 0.25) is 18.1 Å². The summed E-state index contributed by atoms with van der Waals surface area (Å²) >= 11 is 0. The van der Waals surface area contributed by atoms with E-state index < -0.39 is 61.7 Å². The number of ether oxygens (including phenoxy) is 2. The molecule has 1 aliphatic rings. The fraction of sp³-hybridized carbons (Fsp3) is 0.371. The Morgan fingerprint density at radius 3 is 1.83 bits per heavy atom. The molecule has 0 bridgehead atoms. The molecular weight excluding hydrogens is 610 g/mol. The smallest absolute Gasteiger partial charge is 0.330 e. The summed E-state index contributed by atoms with van der Waals surface area (Å²) in [5.74, 6) is -1.25. The van der Waals surface area contributed by atoms with E-state index in [-0.39, 0.29) is 11.6 Å². The second-order valence-corrected chi connectivity index (χ2v) is 17.8. The van der Waals surface area contributed by atoms with Gasteiger partial charge in [0.1, 0.15) is 23.9 Å². The van der Waals surface area contributed by atoms with Crippen LogP contribution in [0.25, 0.3) is 0 Å². The van der Waals surface area contributed by atoms with E-state index in [0.29, 0.717) is 6.20 Å². The van der Waals surface area contributed by atoms with Gasteiger partial charge in [-0.05, 0) is 34.8 Å². The van der Waals surface area contributed by atoms with Crippen LogP contribution in [0, 0.1) is 5.82 Å². The molecule has 5 rings (SSSR count). The van der Waals surface area contributed by atoms with E-state index in [0.717, 1.165) is 21.3 Å². The summed E-state index contributed by atoms with van der Waals surface area (Å²) in [4.78, 5) is 26.8. The van der Waals surface area contributed by atoms with Gasteiger partial charge >= 0.3 is 5.69 Å². The van der Waals surface area contributed by atoms with Crippen molar-refractivity contribution in [2.24, 2.45) is 0 Å². The molecule has 0 saturated carbocycles. The van der Waals surface area contributed by atoms with Crippen LogP contribution in [0.5, 0.6) is 0 Å². The highest BCUT2D eigenvalue weighted by Gasteiger charge is 2.52. The van der Waals surface area contributed by atoms with E-state index in [4.69, 9.17) is 13.9 Å². The number of rotatable bonds is 9. The van der Waals surface area contributed by atoms with Crippen molar-refractivity contribution in [3.05, 3.63) is 141 Å². The van der Waals surface area contributed by atoms with E-state index in [2.05, 4.69) is 0 Å². The minimum absolute atomic E-state index is 0.329. The van der Waals surface area contributed by atoms with Gasteiger partial charge in [0, 0.05) is 0 Å². The second-order valence-electron chi connectivity index (χ2n) is 13.1. The lowest BCUT2D eigenvalue weighted by molar-refractivity contribution is -0.242. The Balaban J connectivity index is 1.58. The maximum atomic E-state index is 16.5. The van der Waals surface area contributed by atoms with Crippen molar-refractivity contribution in [3.63, 3.8) is 0 Å². The topological polar surface area (TPSA) is 103 Å². The van der Waals surface area contributed by atoms with Crippen LogP contribution in [0.3, 0.4) is 0 Å². The van der Waals surface area contributed by atoms with Crippen molar-refractivity contribution in [1.29, 1.82) is 0 Å². The molecule has 11 heteroatoms. The Kier molecular flexibility index (Phi) is 9.62. The van der Waals surface area contributed by atoms with Crippen LogP contribution in [-0.2, 0) is 19.5 Å². The number of aliphatic hydroxyl groups excluding tert-OH is 1. The second kappa shape index (κ2) is 13.2. The Morgan fingerprint density at radius 1 is 0.891 bits per heavy atom. The molecular formula is C35H40F2N2O6Si. The molecule has 4 aromatic rings. The van der Waals surface area contributed by atoms with Crippen molar-refractivity contribution in [2.75, 3.05) is 6.61 Å². The zero-order chi connectivity index (χ0) is 33.3. The third kappa shape index (κ3) is 6.43.